The van der Waals surface area contributed by atoms with Crippen LogP contribution < -0.4 is 0 Å². The SMILES string of the molecule is Cc1cc(C(=O)c2ccccc2)cc(C)c1F. The van der Waals surface area contributed by atoms with Crippen LogP contribution in [-0.2, 0) is 0 Å². The molecule has 0 atom stereocenters. The van der Waals surface area contributed by atoms with Crippen LogP contribution >= 0.6 is 0 Å². The molecule has 0 saturated carbocycles. The number of aryl methyl sites for hydroxylation is 2. The first kappa shape index (κ1) is 11.5. The van der Waals surface area contributed by atoms with Gasteiger partial charge >= 0.3 is 0 Å². The lowest BCUT2D eigenvalue weighted by Crippen LogP contribution is -2.03. The summed E-state index contributed by atoms with van der Waals surface area (Å²) in [5.41, 5.74) is 2.17. The first-order valence-corrected chi connectivity index (χ1v) is 5.46. The normalized spacial score (nSPS) is 10.3. The second kappa shape index (κ2) is 4.50. The number of halogens is 1. The molecule has 2 aromatic rings. The number of hydrogen-bond acceptors (Lipinski definition) is 1. The molecule has 0 amide bonds. The van der Waals surface area contributed by atoms with E-state index in [4.69, 9.17) is 0 Å². The smallest absolute Gasteiger partial charge is 0.193 e. The molecular weight excluding hydrogens is 215 g/mol. The van der Waals surface area contributed by atoms with Crippen molar-refractivity contribution in [2.75, 3.05) is 0 Å². The summed E-state index contributed by atoms with van der Waals surface area (Å²) < 4.78 is 13.5. The fourth-order valence-corrected chi connectivity index (χ4v) is 1.83. The Morgan fingerprint density at radius 2 is 1.47 bits per heavy atom. The molecule has 86 valence electrons. The molecule has 0 aliphatic carbocycles. The van der Waals surface area contributed by atoms with Crippen LogP contribution in [0.3, 0.4) is 0 Å². The molecule has 2 aromatic carbocycles. The van der Waals surface area contributed by atoms with E-state index in [2.05, 4.69) is 0 Å². The van der Waals surface area contributed by atoms with E-state index in [-0.39, 0.29) is 11.6 Å². The number of hydrogen-bond donors (Lipinski definition) is 0. The monoisotopic (exact) mass is 228 g/mol. The van der Waals surface area contributed by atoms with Gasteiger partial charge in [-0.3, -0.25) is 4.79 Å². The largest absolute Gasteiger partial charge is 0.289 e. The Morgan fingerprint density at radius 1 is 0.941 bits per heavy atom. The maximum atomic E-state index is 13.5. The maximum absolute atomic E-state index is 13.5. The Morgan fingerprint density at radius 3 is 2.00 bits per heavy atom. The average molecular weight is 228 g/mol. The van der Waals surface area contributed by atoms with Crippen molar-refractivity contribution in [3.63, 3.8) is 0 Å². The van der Waals surface area contributed by atoms with Gasteiger partial charge in [0, 0.05) is 11.1 Å². The van der Waals surface area contributed by atoms with Crippen molar-refractivity contribution in [3.05, 3.63) is 70.5 Å². The maximum Gasteiger partial charge on any atom is 0.193 e. The van der Waals surface area contributed by atoms with Gasteiger partial charge in [-0.15, -0.1) is 0 Å². The molecule has 0 bridgehead atoms. The van der Waals surface area contributed by atoms with Gasteiger partial charge < -0.3 is 0 Å². The Kier molecular flexibility index (Phi) is 3.05. The van der Waals surface area contributed by atoms with Crippen LogP contribution in [0.2, 0.25) is 0 Å². The second-order valence-corrected chi connectivity index (χ2v) is 4.12. The zero-order valence-electron chi connectivity index (χ0n) is 9.83. The van der Waals surface area contributed by atoms with Gasteiger partial charge in [-0.1, -0.05) is 30.3 Å². The number of rotatable bonds is 2. The average Bonchev–Trinajstić information content (AvgIpc) is 2.35. The van der Waals surface area contributed by atoms with E-state index in [0.29, 0.717) is 22.3 Å². The molecule has 1 nitrogen and oxygen atoms in total. The summed E-state index contributed by atoms with van der Waals surface area (Å²) in [6.07, 6.45) is 0. The van der Waals surface area contributed by atoms with Gasteiger partial charge in [0.15, 0.2) is 5.78 Å². The highest BCUT2D eigenvalue weighted by Gasteiger charge is 2.12. The van der Waals surface area contributed by atoms with E-state index in [9.17, 15) is 9.18 Å². The van der Waals surface area contributed by atoms with Gasteiger partial charge in [-0.05, 0) is 37.1 Å². The van der Waals surface area contributed by atoms with E-state index in [0.717, 1.165) is 0 Å². The molecular formula is C15H13FO. The topological polar surface area (TPSA) is 17.1 Å². The molecule has 0 unspecified atom stereocenters. The minimum absolute atomic E-state index is 0.0724. The molecule has 0 fully saturated rings. The first-order valence-electron chi connectivity index (χ1n) is 5.46. The zero-order chi connectivity index (χ0) is 12.4. The van der Waals surface area contributed by atoms with Crippen LogP contribution in [0, 0.1) is 19.7 Å². The number of carbonyl (C=O) groups excluding carboxylic acids is 1. The van der Waals surface area contributed by atoms with E-state index in [1.807, 2.05) is 18.2 Å². The number of ketones is 1. The van der Waals surface area contributed by atoms with E-state index in [1.165, 1.54) is 0 Å². The Bertz CT molecular complexity index is 535. The van der Waals surface area contributed by atoms with Crippen LogP contribution in [0.1, 0.15) is 27.0 Å². The predicted molar refractivity (Wildman–Crippen MR) is 65.7 cm³/mol. The third-order valence-corrected chi connectivity index (χ3v) is 2.73. The first-order chi connectivity index (χ1) is 8.09. The molecule has 2 rings (SSSR count). The molecule has 0 aliphatic heterocycles. The lowest BCUT2D eigenvalue weighted by molar-refractivity contribution is 0.103. The summed E-state index contributed by atoms with van der Waals surface area (Å²) in [5, 5.41) is 0. The number of benzene rings is 2. The van der Waals surface area contributed by atoms with Crippen molar-refractivity contribution in [1.82, 2.24) is 0 Å². The highest BCUT2D eigenvalue weighted by atomic mass is 19.1. The Hall–Kier alpha value is -1.96. The van der Waals surface area contributed by atoms with Crippen molar-refractivity contribution >= 4 is 5.78 Å². The Labute approximate surface area is 99.9 Å². The van der Waals surface area contributed by atoms with Crippen molar-refractivity contribution in [2.24, 2.45) is 0 Å². The van der Waals surface area contributed by atoms with Crippen LogP contribution in [0.4, 0.5) is 4.39 Å². The Balaban J connectivity index is 2.45. The molecule has 17 heavy (non-hydrogen) atoms. The van der Waals surface area contributed by atoms with Crippen molar-refractivity contribution in [3.8, 4) is 0 Å². The number of carbonyl (C=O) groups is 1. The summed E-state index contributed by atoms with van der Waals surface area (Å²) in [6.45, 7) is 3.34. The molecule has 0 spiro atoms. The molecule has 0 radical (unpaired) electrons. The van der Waals surface area contributed by atoms with E-state index < -0.39 is 0 Å². The van der Waals surface area contributed by atoms with E-state index in [1.54, 1.807) is 38.1 Å². The van der Waals surface area contributed by atoms with Gasteiger partial charge in [0.2, 0.25) is 0 Å². The lowest BCUT2D eigenvalue weighted by Gasteiger charge is -2.06. The van der Waals surface area contributed by atoms with Crippen LogP contribution in [0.15, 0.2) is 42.5 Å². The molecule has 0 saturated heterocycles. The fraction of sp³-hybridized carbons (Fsp3) is 0.133. The molecule has 0 N–H and O–H groups in total. The summed E-state index contributed by atoms with van der Waals surface area (Å²) in [4.78, 5) is 12.1. The van der Waals surface area contributed by atoms with Crippen molar-refractivity contribution in [2.45, 2.75) is 13.8 Å². The summed E-state index contributed by atoms with van der Waals surface area (Å²) >= 11 is 0. The highest BCUT2D eigenvalue weighted by molar-refractivity contribution is 6.09. The minimum Gasteiger partial charge on any atom is -0.289 e. The lowest BCUT2D eigenvalue weighted by atomic mass is 9.99. The van der Waals surface area contributed by atoms with Crippen molar-refractivity contribution in [1.29, 1.82) is 0 Å². The van der Waals surface area contributed by atoms with E-state index >= 15 is 0 Å². The fourth-order valence-electron chi connectivity index (χ4n) is 1.83. The molecule has 0 aromatic heterocycles. The van der Waals surface area contributed by atoms with Gasteiger partial charge in [0.1, 0.15) is 5.82 Å². The van der Waals surface area contributed by atoms with Gasteiger partial charge in [0.25, 0.3) is 0 Å². The predicted octanol–water partition coefficient (Wildman–Crippen LogP) is 3.67. The molecule has 2 heteroatoms. The van der Waals surface area contributed by atoms with Crippen LogP contribution in [0.5, 0.6) is 0 Å². The summed E-state index contributed by atoms with van der Waals surface area (Å²) in [6, 6.07) is 12.2. The highest BCUT2D eigenvalue weighted by Crippen LogP contribution is 2.17. The quantitative estimate of drug-likeness (QED) is 0.717. The second-order valence-electron chi connectivity index (χ2n) is 4.12. The third kappa shape index (κ3) is 2.26. The standard InChI is InChI=1S/C15H13FO/c1-10-8-13(9-11(2)14(10)16)15(17)12-6-4-3-5-7-12/h3-9H,1-2H3. The zero-order valence-corrected chi connectivity index (χ0v) is 9.83. The van der Waals surface area contributed by atoms with Gasteiger partial charge in [-0.25, -0.2) is 4.39 Å². The third-order valence-electron chi connectivity index (χ3n) is 2.73. The minimum atomic E-state index is -0.241. The van der Waals surface area contributed by atoms with Crippen LogP contribution in [0.25, 0.3) is 0 Å². The molecule has 0 heterocycles. The summed E-state index contributed by atoms with van der Waals surface area (Å²) in [5.74, 6) is -0.314. The molecule has 0 aliphatic rings. The van der Waals surface area contributed by atoms with Gasteiger partial charge in [-0.2, -0.15) is 0 Å². The van der Waals surface area contributed by atoms with Crippen LogP contribution in [-0.4, -0.2) is 5.78 Å². The summed E-state index contributed by atoms with van der Waals surface area (Å²) in [7, 11) is 0. The van der Waals surface area contributed by atoms with Crippen molar-refractivity contribution < 1.29 is 9.18 Å². The van der Waals surface area contributed by atoms with Gasteiger partial charge in [0.05, 0.1) is 0 Å².